The smallest absolute Gasteiger partial charge is 0.307 e. The lowest BCUT2D eigenvalue weighted by molar-refractivity contribution is -0.154. The van der Waals surface area contributed by atoms with Crippen molar-refractivity contribution in [1.82, 2.24) is 0 Å². The number of ether oxygens (including phenoxy) is 1. The second-order valence-corrected chi connectivity index (χ2v) is 11.7. The van der Waals surface area contributed by atoms with Gasteiger partial charge in [0.25, 0.3) is 0 Å². The molecule has 0 aliphatic carbocycles. The molecule has 0 amide bonds. The molecule has 0 radical (unpaired) electrons. The first-order valence-electron chi connectivity index (χ1n) is 6.91. The minimum absolute atomic E-state index is 0.0808. The first-order chi connectivity index (χ1) is 9.28. The molecule has 0 saturated heterocycles. The minimum Gasteiger partial charge on any atom is -0.460 e. The largest absolute Gasteiger partial charge is 0.460 e. The highest BCUT2D eigenvalue weighted by atomic mass is 32.2. The van der Waals surface area contributed by atoms with Crippen LogP contribution in [0, 0.1) is 0 Å². The van der Waals surface area contributed by atoms with Crippen LogP contribution in [-0.4, -0.2) is 65.2 Å². The number of rotatable bonds is 10. The summed E-state index contributed by atoms with van der Waals surface area (Å²) < 4.78 is 5.21. The highest BCUT2D eigenvalue weighted by Crippen LogP contribution is 2.15. The lowest BCUT2D eigenvalue weighted by Gasteiger charge is -2.24. The Morgan fingerprint density at radius 1 is 1.10 bits per heavy atom. The summed E-state index contributed by atoms with van der Waals surface area (Å²) >= 11 is 1.66. The Morgan fingerprint density at radius 3 is 2.10 bits per heavy atom. The molecule has 0 bridgehead atoms. The molecule has 0 rings (SSSR count). The Kier molecular flexibility index (Phi) is 9.74. The van der Waals surface area contributed by atoms with Crippen molar-refractivity contribution in [2.24, 2.45) is 0 Å². The van der Waals surface area contributed by atoms with Gasteiger partial charge in [-0.3, -0.25) is 4.79 Å². The normalized spacial score (nSPS) is 12.5. The van der Waals surface area contributed by atoms with Crippen LogP contribution in [0.4, 0.5) is 0 Å². The van der Waals surface area contributed by atoms with Crippen LogP contribution < -0.4 is 0 Å². The van der Waals surface area contributed by atoms with E-state index in [1.54, 1.807) is 11.8 Å². The molecule has 0 fully saturated rings. The average Bonchev–Trinajstić information content (AvgIpc) is 2.37. The van der Waals surface area contributed by atoms with Gasteiger partial charge in [0.1, 0.15) is 13.7 Å². The van der Waals surface area contributed by atoms with E-state index in [4.69, 9.17) is 4.74 Å². The highest BCUT2D eigenvalue weighted by molar-refractivity contribution is 7.99. The number of hydrogen-bond acceptors (Lipinski definition) is 6. The van der Waals surface area contributed by atoms with Gasteiger partial charge in [-0.05, 0) is 32.9 Å². The maximum Gasteiger partial charge on any atom is 0.307 e. The minimum atomic E-state index is -2.27. The van der Waals surface area contributed by atoms with Gasteiger partial charge >= 0.3 is 5.97 Å². The van der Waals surface area contributed by atoms with E-state index >= 15 is 0 Å². The summed E-state index contributed by atoms with van der Waals surface area (Å²) in [5.74, 6) is 1.38. The molecule has 0 aromatic heterocycles. The van der Waals surface area contributed by atoms with E-state index in [9.17, 15) is 20.1 Å². The lowest BCUT2D eigenvalue weighted by Crippen LogP contribution is -2.48. The van der Waals surface area contributed by atoms with Crippen molar-refractivity contribution in [2.45, 2.75) is 45.3 Å². The molecule has 5 nitrogen and oxygen atoms in total. The zero-order valence-electron chi connectivity index (χ0n) is 12.7. The zero-order chi connectivity index (χ0) is 15.6. The number of carbonyl (C=O) groups excluding carboxylic acids is 1. The fourth-order valence-electron chi connectivity index (χ4n) is 1.59. The molecule has 0 aliphatic rings. The van der Waals surface area contributed by atoms with Crippen molar-refractivity contribution in [3.05, 3.63) is 0 Å². The summed E-state index contributed by atoms with van der Waals surface area (Å²) in [4.78, 5) is 11.5. The van der Waals surface area contributed by atoms with Gasteiger partial charge in [-0.1, -0.05) is 6.04 Å². The van der Waals surface area contributed by atoms with E-state index in [-0.39, 0.29) is 24.7 Å². The third-order valence-electron chi connectivity index (χ3n) is 2.87. The Bertz CT molecular complexity index is 268. The van der Waals surface area contributed by atoms with Gasteiger partial charge in [0.2, 0.25) is 0 Å². The molecule has 3 N–H and O–H groups in total. The predicted molar refractivity (Wildman–Crippen MR) is 84.2 cm³/mol. The second-order valence-electron chi connectivity index (χ2n) is 6.03. The summed E-state index contributed by atoms with van der Waals surface area (Å²) in [6.45, 7) is 5.54. The van der Waals surface area contributed by atoms with Crippen LogP contribution in [0.3, 0.4) is 0 Å². The number of hydrogen-bond donors (Lipinski definition) is 3. The van der Waals surface area contributed by atoms with Gasteiger partial charge in [0, 0.05) is 24.4 Å². The summed E-state index contributed by atoms with van der Waals surface area (Å²) in [5, 5.41) is 27.7. The molecule has 0 unspecified atom stereocenters. The lowest BCUT2D eigenvalue weighted by atomic mass is 10.2. The van der Waals surface area contributed by atoms with E-state index in [0.29, 0.717) is 18.2 Å². The molecule has 0 aromatic rings. The quantitative estimate of drug-likeness (QED) is 0.314. The van der Waals surface area contributed by atoms with Gasteiger partial charge < -0.3 is 20.1 Å². The first-order valence-corrected chi connectivity index (χ1v) is 10.9. The van der Waals surface area contributed by atoms with Crippen molar-refractivity contribution in [3.63, 3.8) is 0 Å². The molecular weight excluding hydrogens is 296 g/mol. The van der Waals surface area contributed by atoms with Crippen molar-refractivity contribution in [1.29, 1.82) is 0 Å². The van der Waals surface area contributed by atoms with Gasteiger partial charge in [-0.2, -0.15) is 11.8 Å². The molecular formula is C13H28O5SSi. The van der Waals surface area contributed by atoms with Gasteiger partial charge in [-0.15, -0.1) is 0 Å². The van der Waals surface area contributed by atoms with E-state index in [2.05, 4.69) is 0 Å². The molecule has 120 valence electrons. The van der Waals surface area contributed by atoms with Crippen LogP contribution in [0.25, 0.3) is 0 Å². The van der Waals surface area contributed by atoms with Crippen LogP contribution in [-0.2, 0) is 9.53 Å². The third-order valence-corrected chi connectivity index (χ3v) is 7.37. The summed E-state index contributed by atoms with van der Waals surface area (Å²) in [6, 6.07) is 0.704. The average molecular weight is 325 g/mol. The van der Waals surface area contributed by atoms with E-state index in [1.165, 1.54) is 0 Å². The predicted octanol–water partition coefficient (Wildman–Crippen LogP) is 0.885. The van der Waals surface area contributed by atoms with Crippen molar-refractivity contribution in [2.75, 3.05) is 30.2 Å². The zero-order valence-corrected chi connectivity index (χ0v) is 14.5. The fraction of sp³-hybridized carbons (Fsp3) is 0.923. The Balaban J connectivity index is 3.70. The second kappa shape index (κ2) is 9.78. The molecule has 0 spiro atoms. The van der Waals surface area contributed by atoms with Crippen LogP contribution in [0.1, 0.15) is 33.6 Å². The fourth-order valence-corrected chi connectivity index (χ4v) is 4.41. The SMILES string of the molecule is CC(C)(C)OC(=O)CCSCCC[Si](CO)(CO)CO. The van der Waals surface area contributed by atoms with Crippen molar-refractivity contribution >= 4 is 25.8 Å². The number of carbonyl (C=O) groups is 1. The van der Waals surface area contributed by atoms with Gasteiger partial charge in [0.05, 0.1) is 6.42 Å². The topological polar surface area (TPSA) is 87.0 Å². The number of esters is 1. The number of aliphatic hydroxyl groups excluding tert-OH is 3. The summed E-state index contributed by atoms with van der Waals surface area (Å²) in [7, 11) is -2.27. The molecule has 0 saturated carbocycles. The van der Waals surface area contributed by atoms with Crippen molar-refractivity contribution in [3.8, 4) is 0 Å². The summed E-state index contributed by atoms with van der Waals surface area (Å²) in [6.07, 6.45) is 0.991. The van der Waals surface area contributed by atoms with Gasteiger partial charge in [0.15, 0.2) is 0 Å². The van der Waals surface area contributed by atoms with E-state index in [1.807, 2.05) is 20.8 Å². The molecule has 7 heteroatoms. The Morgan fingerprint density at radius 2 is 1.65 bits per heavy atom. The van der Waals surface area contributed by atoms with Crippen LogP contribution >= 0.6 is 11.8 Å². The Hall–Kier alpha value is -0.0831. The Labute approximate surface area is 126 Å². The van der Waals surface area contributed by atoms with Crippen LogP contribution in [0.5, 0.6) is 0 Å². The maximum atomic E-state index is 11.5. The molecule has 0 aromatic carbocycles. The standard InChI is InChI=1S/C13H28O5SSi/c1-13(2,3)18-12(17)5-7-19-6-4-8-20(9-14,10-15)11-16/h14-16H,4-11H2,1-3H3. The number of thioether (sulfide) groups is 1. The number of aliphatic hydroxyl groups is 3. The monoisotopic (exact) mass is 324 g/mol. The molecule has 0 atom stereocenters. The van der Waals surface area contributed by atoms with Gasteiger partial charge in [-0.25, -0.2) is 0 Å². The van der Waals surface area contributed by atoms with Crippen LogP contribution in [0.15, 0.2) is 0 Å². The molecule has 0 heterocycles. The van der Waals surface area contributed by atoms with Crippen molar-refractivity contribution < 1.29 is 24.9 Å². The van der Waals surface area contributed by atoms with E-state index < -0.39 is 13.7 Å². The van der Waals surface area contributed by atoms with Crippen LogP contribution in [0.2, 0.25) is 6.04 Å². The molecule has 20 heavy (non-hydrogen) atoms. The van der Waals surface area contributed by atoms with E-state index in [0.717, 1.165) is 12.2 Å². The maximum absolute atomic E-state index is 11.5. The molecule has 0 aliphatic heterocycles. The third kappa shape index (κ3) is 8.96. The summed E-state index contributed by atoms with van der Waals surface area (Å²) in [5.41, 5.74) is -0.434. The highest BCUT2D eigenvalue weighted by Gasteiger charge is 2.30. The first kappa shape index (κ1) is 19.9.